The lowest BCUT2D eigenvalue weighted by Gasteiger charge is -2.20. The van der Waals surface area contributed by atoms with E-state index < -0.39 is 31.4 Å². The van der Waals surface area contributed by atoms with Crippen LogP contribution < -0.4 is 0 Å². The molecule has 3 nitrogen and oxygen atoms in total. The van der Waals surface area contributed by atoms with Crippen LogP contribution in [0.15, 0.2) is 53.1 Å². The fraction of sp³-hybridized carbons (Fsp3) is 0.360. The van der Waals surface area contributed by atoms with Crippen molar-refractivity contribution in [2.45, 2.75) is 57.6 Å². The second-order valence-electron chi connectivity index (χ2n) is 6.97. The van der Waals surface area contributed by atoms with Crippen LogP contribution in [0.1, 0.15) is 81.2 Å². The standard InChI is InChI=1S/C25H26N2O/c1-16(2)18-11-13-23(26-15-18)21-10-6-9-19-20-12-14-22(17-7-4-3-5-8-17)27-25(20)28-24(19)21/h6,9-17H,3-5,7-8H2,1-2H3/i1D3,7D2,8D2,16D,17D. The zero-order valence-corrected chi connectivity index (χ0v) is 15.5. The number of para-hydroxylation sites is 1. The first kappa shape index (κ1) is 10.2. The lowest BCUT2D eigenvalue weighted by atomic mass is 9.86. The first-order valence-corrected chi connectivity index (χ1v) is 9.40. The molecule has 142 valence electrons. The van der Waals surface area contributed by atoms with Gasteiger partial charge in [0.15, 0.2) is 0 Å². The molecule has 0 bridgehead atoms. The maximum absolute atomic E-state index is 8.95. The number of fused-ring (bicyclic) bond motifs is 3. The molecule has 3 heteroatoms. The molecule has 1 fully saturated rings. The lowest BCUT2D eigenvalue weighted by Crippen LogP contribution is -2.06. The smallest absolute Gasteiger partial charge is 0.227 e. The number of aromatic nitrogens is 2. The fourth-order valence-electron chi connectivity index (χ4n) is 3.55. The van der Waals surface area contributed by atoms with Crippen LogP contribution in [0.5, 0.6) is 0 Å². The average Bonchev–Trinajstić information content (AvgIpc) is 3.19. The van der Waals surface area contributed by atoms with E-state index >= 15 is 0 Å². The third-order valence-corrected chi connectivity index (χ3v) is 5.05. The number of hydrogen-bond acceptors (Lipinski definition) is 3. The summed E-state index contributed by atoms with van der Waals surface area (Å²) in [5.41, 5.74) is 2.00. The van der Waals surface area contributed by atoms with Crippen LogP contribution in [0.2, 0.25) is 0 Å². The summed E-state index contributed by atoms with van der Waals surface area (Å²) in [6, 6.07) is 11.8. The number of benzene rings is 1. The molecule has 1 aromatic carbocycles. The number of hydrogen-bond donors (Lipinski definition) is 0. The predicted octanol–water partition coefficient (Wildman–Crippen LogP) is 7.21. The van der Waals surface area contributed by atoms with E-state index in [1.165, 1.54) is 19.2 Å². The highest BCUT2D eigenvalue weighted by atomic mass is 16.3. The van der Waals surface area contributed by atoms with Gasteiger partial charge in [0.2, 0.25) is 5.71 Å². The van der Waals surface area contributed by atoms with Gasteiger partial charge in [0.25, 0.3) is 0 Å². The Bertz CT molecular complexity index is 1470. The Labute approximate surface area is 178 Å². The molecule has 3 heterocycles. The molecule has 4 aromatic rings. The summed E-state index contributed by atoms with van der Waals surface area (Å²) in [7, 11) is 0. The van der Waals surface area contributed by atoms with Gasteiger partial charge in [-0.3, -0.25) is 4.98 Å². The summed E-state index contributed by atoms with van der Waals surface area (Å²) >= 11 is 0. The van der Waals surface area contributed by atoms with Gasteiger partial charge >= 0.3 is 0 Å². The van der Waals surface area contributed by atoms with Crippen LogP contribution >= 0.6 is 0 Å². The molecule has 0 N–H and O–H groups in total. The Morgan fingerprint density at radius 2 is 2.04 bits per heavy atom. The van der Waals surface area contributed by atoms with E-state index in [0.717, 1.165) is 5.39 Å². The van der Waals surface area contributed by atoms with Gasteiger partial charge in [-0.2, -0.15) is 0 Å². The molecule has 28 heavy (non-hydrogen) atoms. The Morgan fingerprint density at radius 3 is 2.82 bits per heavy atom. The van der Waals surface area contributed by atoms with E-state index in [1.807, 2.05) is 12.1 Å². The Hall–Kier alpha value is -2.68. The quantitative estimate of drug-likeness (QED) is 0.377. The fourth-order valence-corrected chi connectivity index (χ4v) is 3.55. The number of rotatable bonds is 3. The van der Waals surface area contributed by atoms with Gasteiger partial charge in [-0.25, -0.2) is 4.98 Å². The average molecular weight is 380 g/mol. The highest BCUT2D eigenvalue weighted by Gasteiger charge is 2.19. The van der Waals surface area contributed by atoms with Crippen LogP contribution in [-0.4, -0.2) is 9.97 Å². The van der Waals surface area contributed by atoms with Crippen LogP contribution in [0, 0.1) is 0 Å². The van der Waals surface area contributed by atoms with E-state index in [-0.39, 0.29) is 29.8 Å². The highest BCUT2D eigenvalue weighted by molar-refractivity contribution is 6.08. The molecule has 0 radical (unpaired) electrons. The topological polar surface area (TPSA) is 38.9 Å². The van der Waals surface area contributed by atoms with E-state index in [0.29, 0.717) is 28.6 Å². The van der Waals surface area contributed by atoms with E-state index in [1.54, 1.807) is 24.3 Å². The molecule has 1 saturated carbocycles. The van der Waals surface area contributed by atoms with Gasteiger partial charge in [0.1, 0.15) is 5.58 Å². The molecular formula is C25H26N2O. The van der Waals surface area contributed by atoms with Crippen LogP contribution in [-0.2, 0) is 0 Å². The number of nitrogens with zero attached hydrogens (tertiary/aromatic N) is 2. The molecule has 1 aliphatic carbocycles. The minimum absolute atomic E-state index is 0.0165. The molecule has 1 aliphatic rings. The largest absolute Gasteiger partial charge is 0.437 e. The third kappa shape index (κ3) is 2.99. The van der Waals surface area contributed by atoms with Crippen molar-refractivity contribution < 1.29 is 16.8 Å². The lowest BCUT2D eigenvalue weighted by molar-refractivity contribution is 0.436. The van der Waals surface area contributed by atoms with Gasteiger partial charge in [0, 0.05) is 46.5 Å². The van der Waals surface area contributed by atoms with Crippen molar-refractivity contribution in [3.8, 4) is 11.3 Å². The van der Waals surface area contributed by atoms with E-state index in [2.05, 4.69) is 9.97 Å². The highest BCUT2D eigenvalue weighted by Crippen LogP contribution is 2.37. The Kier molecular flexibility index (Phi) is 2.57. The summed E-state index contributed by atoms with van der Waals surface area (Å²) in [5.74, 6) is -4.01. The Morgan fingerprint density at radius 1 is 1.14 bits per heavy atom. The summed E-state index contributed by atoms with van der Waals surface area (Å²) in [4.78, 5) is 8.88. The van der Waals surface area contributed by atoms with Crippen LogP contribution in [0.3, 0.4) is 0 Å². The molecule has 5 rings (SSSR count). The minimum atomic E-state index is -2.52. The van der Waals surface area contributed by atoms with Crippen molar-refractivity contribution in [3.05, 3.63) is 59.9 Å². The SMILES string of the molecule is [2H]C([2H])([2H])C([2H])(C)c1ccc(-c2cccc3c2oc2nc(C4([2H])C([2H])([2H])CCCC4([2H])[2H])ccc23)nc1. The second kappa shape index (κ2) is 7.05. The van der Waals surface area contributed by atoms with E-state index in [9.17, 15) is 0 Å². The summed E-state index contributed by atoms with van der Waals surface area (Å²) in [5, 5.41) is 1.36. The van der Waals surface area contributed by atoms with Crippen molar-refractivity contribution in [2.24, 2.45) is 0 Å². The number of furan rings is 1. The normalized spacial score (nSPS) is 27.7. The third-order valence-electron chi connectivity index (χ3n) is 5.05. The van der Waals surface area contributed by atoms with Crippen LogP contribution in [0.25, 0.3) is 33.3 Å². The first-order chi connectivity index (χ1) is 17.1. The molecule has 3 aromatic heterocycles. The van der Waals surface area contributed by atoms with Crippen LogP contribution in [0.4, 0.5) is 0 Å². The molecule has 0 saturated heterocycles. The maximum atomic E-state index is 8.95. The van der Waals surface area contributed by atoms with Crippen molar-refractivity contribution in [2.75, 3.05) is 0 Å². The predicted molar refractivity (Wildman–Crippen MR) is 115 cm³/mol. The van der Waals surface area contributed by atoms with Crippen molar-refractivity contribution in [1.82, 2.24) is 9.97 Å². The van der Waals surface area contributed by atoms with Gasteiger partial charge < -0.3 is 4.42 Å². The summed E-state index contributed by atoms with van der Waals surface area (Å²) in [6.07, 6.45) is -2.35. The summed E-state index contributed by atoms with van der Waals surface area (Å²) in [6.45, 7) is -1.19. The Balaban J connectivity index is 1.62. The maximum Gasteiger partial charge on any atom is 0.227 e. The van der Waals surface area contributed by atoms with Gasteiger partial charge in [-0.1, -0.05) is 51.2 Å². The van der Waals surface area contributed by atoms with E-state index in [4.69, 9.17) is 16.8 Å². The molecule has 1 atom stereocenters. The van der Waals surface area contributed by atoms with Gasteiger partial charge in [-0.15, -0.1) is 0 Å². The molecule has 0 aliphatic heterocycles. The van der Waals surface area contributed by atoms with Gasteiger partial charge in [0.05, 0.1) is 5.69 Å². The molecule has 1 unspecified atom stereocenters. The minimum Gasteiger partial charge on any atom is -0.437 e. The molecular weight excluding hydrogens is 344 g/mol. The molecule has 0 spiro atoms. The zero-order chi connectivity index (χ0) is 27.0. The monoisotopic (exact) mass is 379 g/mol. The van der Waals surface area contributed by atoms with Crippen molar-refractivity contribution in [1.29, 1.82) is 0 Å². The molecule has 0 amide bonds. The van der Waals surface area contributed by atoms with Gasteiger partial charge in [-0.05, 0) is 48.5 Å². The first-order valence-electron chi connectivity index (χ1n) is 13.9. The van der Waals surface area contributed by atoms with Crippen molar-refractivity contribution >= 4 is 22.1 Å². The summed E-state index contributed by atoms with van der Waals surface area (Å²) < 4.78 is 80.1. The number of pyridine rings is 2. The zero-order valence-electron chi connectivity index (χ0n) is 24.5. The second-order valence-corrected chi connectivity index (χ2v) is 6.97. The van der Waals surface area contributed by atoms with Crippen molar-refractivity contribution in [3.63, 3.8) is 0 Å².